The second-order valence-electron chi connectivity index (χ2n) is 4.78. The molecule has 0 unspecified atom stereocenters. The summed E-state index contributed by atoms with van der Waals surface area (Å²) in [6.45, 7) is 1.31. The van der Waals surface area contributed by atoms with E-state index in [1.54, 1.807) is 27.5 Å². The molecule has 7 heteroatoms. The number of benzene rings is 1. The molecule has 2 aromatic rings. The quantitative estimate of drug-likeness (QED) is 0.596. The molecule has 0 atom stereocenters. The van der Waals surface area contributed by atoms with E-state index in [0.717, 1.165) is 35.7 Å². The molecule has 0 aliphatic rings. The summed E-state index contributed by atoms with van der Waals surface area (Å²) in [5.74, 6) is 2.18. The van der Waals surface area contributed by atoms with Gasteiger partial charge in [-0.25, -0.2) is 0 Å². The third-order valence-electron chi connectivity index (χ3n) is 3.31. The maximum atomic E-state index is 5.31. The van der Waals surface area contributed by atoms with Crippen LogP contribution in [0.5, 0.6) is 11.5 Å². The summed E-state index contributed by atoms with van der Waals surface area (Å²) in [6, 6.07) is 7.72. The Morgan fingerprint density at radius 1 is 1.17 bits per heavy atom. The van der Waals surface area contributed by atoms with Gasteiger partial charge in [0.25, 0.3) is 0 Å². The van der Waals surface area contributed by atoms with Gasteiger partial charge in [0.2, 0.25) is 0 Å². The molecule has 2 N–H and O–H groups in total. The van der Waals surface area contributed by atoms with Crippen molar-refractivity contribution in [1.29, 1.82) is 0 Å². The van der Waals surface area contributed by atoms with Crippen molar-refractivity contribution in [3.05, 3.63) is 41.8 Å². The van der Waals surface area contributed by atoms with Crippen molar-refractivity contribution in [2.45, 2.75) is 13.0 Å². The lowest BCUT2D eigenvalue weighted by atomic mass is 10.1. The van der Waals surface area contributed by atoms with Gasteiger partial charge >= 0.3 is 0 Å². The highest BCUT2D eigenvalue weighted by Crippen LogP contribution is 2.27. The number of rotatable bonds is 7. The van der Waals surface area contributed by atoms with E-state index in [-0.39, 0.29) is 0 Å². The molecule has 1 heterocycles. The predicted molar refractivity (Wildman–Crippen MR) is 88.0 cm³/mol. The van der Waals surface area contributed by atoms with Crippen molar-refractivity contribution in [1.82, 2.24) is 15.8 Å². The Labute approximate surface area is 135 Å². The Morgan fingerprint density at radius 3 is 2.65 bits per heavy atom. The molecule has 0 radical (unpaired) electrons. The Hall–Kier alpha value is -2.70. The lowest BCUT2D eigenvalue weighted by Gasteiger charge is -2.12. The first kappa shape index (κ1) is 16.7. The topological polar surface area (TPSA) is 80.9 Å². The zero-order chi connectivity index (χ0) is 16.5. The normalized spacial score (nSPS) is 11.2. The third-order valence-corrected chi connectivity index (χ3v) is 3.31. The zero-order valence-corrected chi connectivity index (χ0v) is 13.6. The van der Waals surface area contributed by atoms with E-state index in [9.17, 15) is 0 Å². The number of nitrogens with zero attached hydrogens (tertiary/aromatic N) is 2. The number of aliphatic imine (C=N–C) groups is 1. The van der Waals surface area contributed by atoms with Crippen molar-refractivity contribution in [3.63, 3.8) is 0 Å². The van der Waals surface area contributed by atoms with Gasteiger partial charge in [-0.3, -0.25) is 4.99 Å². The van der Waals surface area contributed by atoms with Crippen LogP contribution in [-0.4, -0.2) is 38.9 Å². The van der Waals surface area contributed by atoms with Crippen LogP contribution in [0.4, 0.5) is 0 Å². The first-order valence-corrected chi connectivity index (χ1v) is 7.31. The van der Waals surface area contributed by atoms with Gasteiger partial charge in [0.15, 0.2) is 17.5 Å². The molecule has 0 amide bonds. The van der Waals surface area contributed by atoms with E-state index in [2.05, 4.69) is 20.8 Å². The van der Waals surface area contributed by atoms with E-state index in [0.29, 0.717) is 12.5 Å². The van der Waals surface area contributed by atoms with Gasteiger partial charge in [-0.2, -0.15) is 0 Å². The predicted octanol–water partition coefficient (Wildman–Crippen LogP) is 1.60. The summed E-state index contributed by atoms with van der Waals surface area (Å²) in [7, 11) is 4.99. The van der Waals surface area contributed by atoms with Crippen molar-refractivity contribution >= 4 is 5.96 Å². The van der Waals surface area contributed by atoms with E-state index in [1.807, 2.05) is 24.3 Å². The molecular formula is C16H22N4O3. The molecule has 0 saturated carbocycles. The van der Waals surface area contributed by atoms with E-state index in [4.69, 9.17) is 14.0 Å². The van der Waals surface area contributed by atoms with Gasteiger partial charge in [-0.05, 0) is 24.1 Å². The van der Waals surface area contributed by atoms with E-state index in [1.165, 1.54) is 0 Å². The van der Waals surface area contributed by atoms with Crippen molar-refractivity contribution in [2.75, 3.05) is 27.8 Å². The van der Waals surface area contributed by atoms with Crippen LogP contribution in [0.3, 0.4) is 0 Å². The van der Waals surface area contributed by atoms with E-state index >= 15 is 0 Å². The standard InChI is InChI=1S/C16H22N4O3/c1-17-16(19-11-13-7-9-23-20-13)18-8-6-12-4-5-14(21-2)15(10-12)22-3/h4-5,7,9-10H,6,8,11H2,1-3H3,(H2,17,18,19). The number of guanidine groups is 1. The summed E-state index contributed by atoms with van der Waals surface area (Å²) >= 11 is 0. The van der Waals surface area contributed by atoms with Crippen LogP contribution in [0.2, 0.25) is 0 Å². The average Bonchev–Trinajstić information content (AvgIpc) is 3.11. The summed E-state index contributed by atoms with van der Waals surface area (Å²) in [6.07, 6.45) is 2.38. The second kappa shape index (κ2) is 8.67. The SMILES string of the molecule is CN=C(NCCc1ccc(OC)c(OC)c1)NCc1ccon1. The second-order valence-corrected chi connectivity index (χ2v) is 4.78. The molecule has 124 valence electrons. The summed E-state index contributed by atoms with van der Waals surface area (Å²) in [5, 5.41) is 10.3. The van der Waals surface area contributed by atoms with Gasteiger partial charge in [-0.1, -0.05) is 11.2 Å². The maximum absolute atomic E-state index is 5.31. The van der Waals surface area contributed by atoms with Gasteiger partial charge in [-0.15, -0.1) is 0 Å². The number of ether oxygens (including phenoxy) is 2. The monoisotopic (exact) mass is 318 g/mol. The highest BCUT2D eigenvalue weighted by molar-refractivity contribution is 5.79. The smallest absolute Gasteiger partial charge is 0.191 e. The molecule has 1 aromatic heterocycles. The fourth-order valence-corrected chi connectivity index (χ4v) is 2.09. The van der Waals surface area contributed by atoms with Crippen molar-refractivity contribution < 1.29 is 14.0 Å². The minimum absolute atomic E-state index is 0.562. The number of aromatic nitrogens is 1. The molecule has 2 rings (SSSR count). The van der Waals surface area contributed by atoms with Gasteiger partial charge < -0.3 is 24.6 Å². The van der Waals surface area contributed by atoms with Crippen LogP contribution in [-0.2, 0) is 13.0 Å². The molecule has 23 heavy (non-hydrogen) atoms. The first-order chi connectivity index (χ1) is 11.3. The van der Waals surface area contributed by atoms with Crippen LogP contribution in [0, 0.1) is 0 Å². The number of nitrogens with one attached hydrogen (secondary N) is 2. The van der Waals surface area contributed by atoms with Crippen LogP contribution in [0.1, 0.15) is 11.3 Å². The minimum atomic E-state index is 0.562. The fraction of sp³-hybridized carbons (Fsp3) is 0.375. The van der Waals surface area contributed by atoms with Crippen molar-refractivity contribution in [2.24, 2.45) is 4.99 Å². The summed E-state index contributed by atoms with van der Waals surface area (Å²) in [4.78, 5) is 4.17. The molecule has 0 fully saturated rings. The molecule has 0 bridgehead atoms. The molecule has 0 aliphatic carbocycles. The molecule has 0 aliphatic heterocycles. The number of hydrogen-bond donors (Lipinski definition) is 2. The summed E-state index contributed by atoms with van der Waals surface area (Å²) < 4.78 is 15.3. The Kier molecular flexibility index (Phi) is 6.28. The highest BCUT2D eigenvalue weighted by Gasteiger charge is 2.05. The van der Waals surface area contributed by atoms with Crippen LogP contribution < -0.4 is 20.1 Å². The van der Waals surface area contributed by atoms with E-state index < -0.39 is 0 Å². The van der Waals surface area contributed by atoms with Gasteiger partial charge in [0.05, 0.1) is 20.8 Å². The van der Waals surface area contributed by atoms with Gasteiger partial charge in [0, 0.05) is 19.7 Å². The lowest BCUT2D eigenvalue weighted by molar-refractivity contribution is 0.354. The molecular weight excluding hydrogens is 296 g/mol. The van der Waals surface area contributed by atoms with Crippen LogP contribution in [0.15, 0.2) is 40.0 Å². The zero-order valence-electron chi connectivity index (χ0n) is 13.6. The molecule has 0 saturated heterocycles. The Morgan fingerprint density at radius 2 is 2.00 bits per heavy atom. The minimum Gasteiger partial charge on any atom is -0.493 e. The van der Waals surface area contributed by atoms with Crippen LogP contribution in [0.25, 0.3) is 0 Å². The van der Waals surface area contributed by atoms with Crippen LogP contribution >= 0.6 is 0 Å². The Bertz CT molecular complexity index is 626. The number of hydrogen-bond acceptors (Lipinski definition) is 5. The largest absolute Gasteiger partial charge is 0.493 e. The molecule has 1 aromatic carbocycles. The Balaban J connectivity index is 1.81. The first-order valence-electron chi connectivity index (χ1n) is 7.31. The fourth-order valence-electron chi connectivity index (χ4n) is 2.09. The number of methoxy groups -OCH3 is 2. The third kappa shape index (κ3) is 4.91. The highest BCUT2D eigenvalue weighted by atomic mass is 16.5. The molecule has 0 spiro atoms. The average molecular weight is 318 g/mol. The lowest BCUT2D eigenvalue weighted by Crippen LogP contribution is -2.37. The molecule has 7 nitrogen and oxygen atoms in total. The van der Waals surface area contributed by atoms with Gasteiger partial charge in [0.1, 0.15) is 12.0 Å². The maximum Gasteiger partial charge on any atom is 0.191 e. The summed E-state index contributed by atoms with van der Waals surface area (Å²) in [5.41, 5.74) is 1.98. The van der Waals surface area contributed by atoms with Crippen molar-refractivity contribution in [3.8, 4) is 11.5 Å².